The van der Waals surface area contributed by atoms with Crippen LogP contribution in [0.1, 0.15) is 35.3 Å². The average Bonchev–Trinajstić information content (AvgIpc) is 2.53. The van der Waals surface area contributed by atoms with Gasteiger partial charge in [0.2, 0.25) is 0 Å². The van der Waals surface area contributed by atoms with Crippen molar-refractivity contribution in [2.75, 3.05) is 0 Å². The Balaban J connectivity index is 2.53. The largest absolute Gasteiger partial charge is 0.366 e. The van der Waals surface area contributed by atoms with E-state index in [9.17, 15) is 4.79 Å². The van der Waals surface area contributed by atoms with Gasteiger partial charge in [-0.2, -0.15) is 0 Å². The van der Waals surface area contributed by atoms with Crippen LogP contribution in [-0.2, 0) is 6.54 Å². The zero-order valence-electron chi connectivity index (χ0n) is 7.08. The Kier molecular flexibility index (Phi) is 1.46. The second-order valence-corrected chi connectivity index (χ2v) is 3.36. The summed E-state index contributed by atoms with van der Waals surface area (Å²) in [5.74, 6) is 0.167. The topological polar surface area (TPSA) is 48.0 Å². The lowest BCUT2D eigenvalue weighted by atomic mass is 10.0. The standard InChI is InChI=1S/C9H12N2O/c1-6-2-4-11-5-3-7(8(6)11)9(10)12/h3,5-6H,2,4H2,1H3,(H2,10,12). The molecule has 0 fully saturated rings. The van der Waals surface area contributed by atoms with Crippen LogP contribution in [0, 0.1) is 0 Å². The van der Waals surface area contributed by atoms with Crippen LogP contribution in [0.25, 0.3) is 0 Å². The lowest BCUT2D eigenvalue weighted by molar-refractivity contribution is 0.0999. The first kappa shape index (κ1) is 7.40. The molecule has 3 heteroatoms. The molecule has 0 saturated heterocycles. The molecule has 0 radical (unpaired) electrons. The van der Waals surface area contributed by atoms with E-state index in [0.717, 1.165) is 18.7 Å². The molecule has 2 rings (SSSR count). The van der Waals surface area contributed by atoms with Gasteiger partial charge in [0, 0.05) is 18.4 Å². The van der Waals surface area contributed by atoms with Crippen molar-refractivity contribution in [3.8, 4) is 0 Å². The predicted octanol–water partition coefficient (Wildman–Crippen LogP) is 1.09. The minimum atomic E-state index is -0.308. The second-order valence-electron chi connectivity index (χ2n) is 3.36. The van der Waals surface area contributed by atoms with E-state index in [4.69, 9.17) is 5.73 Å². The lowest BCUT2D eigenvalue weighted by Gasteiger charge is -2.02. The van der Waals surface area contributed by atoms with Crippen LogP contribution in [0.15, 0.2) is 12.3 Å². The Morgan fingerprint density at radius 2 is 2.50 bits per heavy atom. The van der Waals surface area contributed by atoms with Gasteiger partial charge in [0.15, 0.2) is 0 Å². The molecule has 1 atom stereocenters. The normalized spacial score (nSPS) is 20.9. The number of aromatic nitrogens is 1. The third-order valence-electron chi connectivity index (χ3n) is 2.54. The van der Waals surface area contributed by atoms with Gasteiger partial charge in [-0.25, -0.2) is 0 Å². The summed E-state index contributed by atoms with van der Waals surface area (Å²) in [6, 6.07) is 1.81. The Hall–Kier alpha value is -1.25. The number of amides is 1. The first-order valence-electron chi connectivity index (χ1n) is 4.19. The Bertz CT molecular complexity index is 327. The van der Waals surface area contributed by atoms with Crippen molar-refractivity contribution in [1.29, 1.82) is 0 Å². The molecule has 0 aliphatic carbocycles. The quantitative estimate of drug-likeness (QED) is 0.663. The highest BCUT2D eigenvalue weighted by molar-refractivity contribution is 5.94. The van der Waals surface area contributed by atoms with Crippen molar-refractivity contribution in [3.63, 3.8) is 0 Å². The summed E-state index contributed by atoms with van der Waals surface area (Å²) in [5.41, 5.74) is 7.05. The van der Waals surface area contributed by atoms with E-state index in [-0.39, 0.29) is 5.91 Å². The number of hydrogen-bond acceptors (Lipinski definition) is 1. The van der Waals surface area contributed by atoms with E-state index in [2.05, 4.69) is 11.5 Å². The fourth-order valence-corrected chi connectivity index (χ4v) is 1.91. The van der Waals surface area contributed by atoms with Crippen LogP contribution >= 0.6 is 0 Å². The second kappa shape index (κ2) is 2.37. The monoisotopic (exact) mass is 164 g/mol. The van der Waals surface area contributed by atoms with Crippen LogP contribution in [0.3, 0.4) is 0 Å². The molecular weight excluding hydrogens is 152 g/mol. The van der Waals surface area contributed by atoms with Crippen LogP contribution < -0.4 is 5.73 Å². The molecule has 0 aromatic carbocycles. The molecule has 1 amide bonds. The van der Waals surface area contributed by atoms with Crippen molar-refractivity contribution in [3.05, 3.63) is 23.5 Å². The first-order valence-corrected chi connectivity index (χ1v) is 4.19. The Morgan fingerprint density at radius 1 is 1.75 bits per heavy atom. The number of carbonyl (C=O) groups excluding carboxylic acids is 1. The third-order valence-corrected chi connectivity index (χ3v) is 2.54. The molecule has 1 aromatic heterocycles. The molecular formula is C9H12N2O. The minimum absolute atomic E-state index is 0.308. The summed E-state index contributed by atoms with van der Waals surface area (Å²) in [4.78, 5) is 11.0. The van der Waals surface area contributed by atoms with Crippen LogP contribution in [-0.4, -0.2) is 10.5 Å². The number of nitrogens with two attached hydrogens (primary N) is 1. The van der Waals surface area contributed by atoms with Gasteiger partial charge < -0.3 is 10.3 Å². The first-order chi connectivity index (χ1) is 5.70. The number of fused-ring (bicyclic) bond motifs is 1. The number of carbonyl (C=O) groups is 1. The van der Waals surface area contributed by atoms with Crippen molar-refractivity contribution in [2.45, 2.75) is 25.8 Å². The van der Waals surface area contributed by atoms with Gasteiger partial charge in [-0.1, -0.05) is 6.92 Å². The molecule has 0 bridgehead atoms. The maximum absolute atomic E-state index is 11.0. The van der Waals surface area contributed by atoms with Gasteiger partial charge in [-0.3, -0.25) is 4.79 Å². The fourth-order valence-electron chi connectivity index (χ4n) is 1.91. The molecule has 1 aliphatic heterocycles. The number of primary amides is 1. The van der Waals surface area contributed by atoms with E-state index in [1.165, 1.54) is 0 Å². The van der Waals surface area contributed by atoms with E-state index in [0.29, 0.717) is 11.5 Å². The van der Waals surface area contributed by atoms with Crippen molar-refractivity contribution in [2.24, 2.45) is 5.73 Å². The Morgan fingerprint density at radius 3 is 3.17 bits per heavy atom. The number of hydrogen-bond donors (Lipinski definition) is 1. The van der Waals surface area contributed by atoms with Gasteiger partial charge in [0.1, 0.15) is 0 Å². The van der Waals surface area contributed by atoms with E-state index >= 15 is 0 Å². The van der Waals surface area contributed by atoms with Crippen molar-refractivity contribution < 1.29 is 4.79 Å². The molecule has 12 heavy (non-hydrogen) atoms. The molecule has 0 spiro atoms. The zero-order valence-corrected chi connectivity index (χ0v) is 7.08. The highest BCUT2D eigenvalue weighted by Gasteiger charge is 2.23. The SMILES string of the molecule is CC1CCn2ccc(C(N)=O)c21. The van der Waals surface area contributed by atoms with E-state index in [1.807, 2.05) is 12.3 Å². The highest BCUT2D eigenvalue weighted by atomic mass is 16.1. The Labute approximate surface area is 71.2 Å². The van der Waals surface area contributed by atoms with E-state index < -0.39 is 0 Å². The molecule has 1 aliphatic rings. The minimum Gasteiger partial charge on any atom is -0.366 e. The van der Waals surface area contributed by atoms with Gasteiger partial charge in [0.25, 0.3) is 5.91 Å². The predicted molar refractivity (Wildman–Crippen MR) is 46.0 cm³/mol. The smallest absolute Gasteiger partial charge is 0.250 e. The summed E-state index contributed by atoms with van der Waals surface area (Å²) in [6.07, 6.45) is 3.06. The maximum atomic E-state index is 11.0. The summed E-state index contributed by atoms with van der Waals surface area (Å²) < 4.78 is 2.12. The van der Waals surface area contributed by atoms with Crippen LogP contribution in [0.4, 0.5) is 0 Å². The molecule has 1 aromatic rings. The summed E-state index contributed by atoms with van der Waals surface area (Å²) in [5, 5.41) is 0. The molecule has 2 heterocycles. The number of aryl methyl sites for hydroxylation is 1. The van der Waals surface area contributed by atoms with Crippen molar-refractivity contribution in [1.82, 2.24) is 4.57 Å². The summed E-state index contributed by atoms with van der Waals surface area (Å²) in [7, 11) is 0. The third kappa shape index (κ3) is 0.858. The number of rotatable bonds is 1. The summed E-state index contributed by atoms with van der Waals surface area (Å²) in [6.45, 7) is 3.15. The van der Waals surface area contributed by atoms with Gasteiger partial charge in [-0.05, 0) is 18.4 Å². The molecule has 3 nitrogen and oxygen atoms in total. The fraction of sp³-hybridized carbons (Fsp3) is 0.444. The zero-order chi connectivity index (χ0) is 8.72. The molecule has 2 N–H and O–H groups in total. The van der Waals surface area contributed by atoms with E-state index in [1.54, 1.807) is 0 Å². The van der Waals surface area contributed by atoms with Crippen molar-refractivity contribution >= 4 is 5.91 Å². The lowest BCUT2D eigenvalue weighted by Crippen LogP contribution is -2.13. The average molecular weight is 164 g/mol. The summed E-state index contributed by atoms with van der Waals surface area (Å²) >= 11 is 0. The maximum Gasteiger partial charge on any atom is 0.250 e. The molecule has 1 unspecified atom stereocenters. The molecule has 64 valence electrons. The van der Waals surface area contributed by atoms with Crippen LogP contribution in [0.2, 0.25) is 0 Å². The van der Waals surface area contributed by atoms with Gasteiger partial charge in [0.05, 0.1) is 5.56 Å². The van der Waals surface area contributed by atoms with Crippen LogP contribution in [0.5, 0.6) is 0 Å². The van der Waals surface area contributed by atoms with Gasteiger partial charge >= 0.3 is 0 Å². The van der Waals surface area contributed by atoms with Gasteiger partial charge in [-0.15, -0.1) is 0 Å². The number of nitrogens with zero attached hydrogens (tertiary/aromatic N) is 1. The molecule has 0 saturated carbocycles. The highest BCUT2D eigenvalue weighted by Crippen LogP contribution is 2.30.